The monoisotopic (exact) mass is 355 g/mol. The number of halogens is 1. The van der Waals surface area contributed by atoms with Crippen molar-refractivity contribution in [3.63, 3.8) is 0 Å². The van der Waals surface area contributed by atoms with Gasteiger partial charge in [-0.2, -0.15) is 10.1 Å². The maximum Gasteiger partial charge on any atom is 0.245 e. The first kappa shape index (κ1) is 15.1. The minimum atomic E-state index is 0.127. The predicted molar refractivity (Wildman–Crippen MR) is 92.2 cm³/mol. The lowest BCUT2D eigenvalue weighted by Gasteiger charge is -2.00. The third kappa shape index (κ3) is 3.12. The Hall–Kier alpha value is -3.46. The molecule has 0 aliphatic rings. The number of nitrogens with two attached hydrogens (primary N) is 1. The van der Waals surface area contributed by atoms with E-state index in [-0.39, 0.29) is 22.9 Å². The number of rotatable bonds is 4. The average molecular weight is 356 g/mol. The molecule has 3 aromatic heterocycles. The number of nitrogen functional groups attached to an aromatic ring is 1. The Morgan fingerprint density at radius 2 is 1.80 bits per heavy atom. The zero-order valence-electron chi connectivity index (χ0n) is 12.5. The number of anilines is 2. The second kappa shape index (κ2) is 6.21. The summed E-state index contributed by atoms with van der Waals surface area (Å²) < 4.78 is 10.2. The van der Waals surface area contributed by atoms with Gasteiger partial charge in [0.1, 0.15) is 11.5 Å². The lowest BCUT2D eigenvalue weighted by molar-refractivity contribution is 0.314. The number of fused-ring (bicyclic) bond motifs is 1. The van der Waals surface area contributed by atoms with E-state index in [0.717, 1.165) is 5.56 Å². The molecule has 4 aromatic rings. The van der Waals surface area contributed by atoms with Gasteiger partial charge in [0.05, 0.1) is 6.21 Å². The second-order valence-electron chi connectivity index (χ2n) is 4.95. The summed E-state index contributed by atoms with van der Waals surface area (Å²) in [6.07, 6.45) is 1.49. The average Bonchev–Trinajstić information content (AvgIpc) is 3.25. The van der Waals surface area contributed by atoms with Crippen molar-refractivity contribution in [3.8, 4) is 11.3 Å². The number of hydrogen-bond donors (Lipinski definition) is 2. The number of aromatic nitrogens is 4. The Morgan fingerprint density at radius 1 is 1.04 bits per heavy atom. The van der Waals surface area contributed by atoms with E-state index in [9.17, 15) is 0 Å². The smallest absolute Gasteiger partial charge is 0.245 e. The van der Waals surface area contributed by atoms with Crippen molar-refractivity contribution in [1.82, 2.24) is 20.3 Å². The SMILES string of the molecule is Nc1nc2nonc2nc1NN=Cc1ccc(-c2ccc(Cl)cc2)o1. The highest BCUT2D eigenvalue weighted by atomic mass is 35.5. The van der Waals surface area contributed by atoms with Crippen LogP contribution in [-0.4, -0.2) is 26.5 Å². The number of hydrogen-bond acceptors (Lipinski definition) is 9. The fourth-order valence-corrected chi connectivity index (χ4v) is 2.21. The van der Waals surface area contributed by atoms with Crippen LogP contribution in [0.5, 0.6) is 0 Å². The van der Waals surface area contributed by atoms with Crippen molar-refractivity contribution in [2.45, 2.75) is 0 Å². The molecule has 0 amide bonds. The molecule has 0 fully saturated rings. The van der Waals surface area contributed by atoms with Gasteiger partial charge in [-0.1, -0.05) is 11.6 Å². The van der Waals surface area contributed by atoms with Crippen LogP contribution in [0, 0.1) is 0 Å². The molecule has 0 radical (unpaired) electrons. The van der Waals surface area contributed by atoms with E-state index in [0.29, 0.717) is 16.5 Å². The zero-order valence-corrected chi connectivity index (χ0v) is 13.3. The molecule has 0 atom stereocenters. The summed E-state index contributed by atoms with van der Waals surface area (Å²) >= 11 is 5.88. The molecule has 0 saturated carbocycles. The topological polar surface area (TPSA) is 128 Å². The third-order valence-electron chi connectivity index (χ3n) is 3.26. The van der Waals surface area contributed by atoms with Crippen molar-refractivity contribution in [2.24, 2.45) is 5.10 Å². The van der Waals surface area contributed by atoms with Crippen LogP contribution in [0.15, 0.2) is 50.5 Å². The van der Waals surface area contributed by atoms with Gasteiger partial charge >= 0.3 is 0 Å². The molecule has 0 unspecified atom stereocenters. The maximum atomic E-state index is 5.88. The van der Waals surface area contributed by atoms with Crippen LogP contribution in [0.3, 0.4) is 0 Å². The quantitative estimate of drug-likeness (QED) is 0.422. The Kier molecular flexibility index (Phi) is 3.75. The number of nitrogens with one attached hydrogen (secondary N) is 1. The molecule has 0 spiro atoms. The van der Waals surface area contributed by atoms with Crippen LogP contribution in [0.1, 0.15) is 5.76 Å². The molecule has 3 heterocycles. The highest BCUT2D eigenvalue weighted by molar-refractivity contribution is 6.30. The predicted octanol–water partition coefficient (Wildman–Crippen LogP) is 2.95. The fourth-order valence-electron chi connectivity index (χ4n) is 2.08. The molecule has 4 rings (SSSR count). The van der Waals surface area contributed by atoms with E-state index < -0.39 is 0 Å². The largest absolute Gasteiger partial charge is 0.455 e. The Labute approximate surface area is 145 Å². The molecular formula is C15H10ClN7O2. The minimum absolute atomic E-state index is 0.127. The van der Waals surface area contributed by atoms with Crippen molar-refractivity contribution in [1.29, 1.82) is 0 Å². The fraction of sp³-hybridized carbons (Fsp3) is 0. The van der Waals surface area contributed by atoms with E-state index in [2.05, 4.69) is 35.4 Å². The van der Waals surface area contributed by atoms with Gasteiger partial charge in [0, 0.05) is 10.6 Å². The van der Waals surface area contributed by atoms with Gasteiger partial charge in [-0.15, -0.1) is 0 Å². The standard InChI is InChI=1S/C15H10ClN7O2/c16-9-3-1-8(2-4-9)11-6-5-10(24-11)7-18-21-13-12(17)19-14-15(20-13)23-25-22-14/h1-7H,(H2,17,19,22)(H,20,21,23). The van der Waals surface area contributed by atoms with Gasteiger partial charge in [0.25, 0.3) is 0 Å². The second-order valence-corrected chi connectivity index (χ2v) is 5.38. The van der Waals surface area contributed by atoms with Gasteiger partial charge in [0.2, 0.25) is 11.3 Å². The molecule has 0 saturated heterocycles. The summed E-state index contributed by atoms with van der Waals surface area (Å²) in [5, 5.41) is 11.9. The molecule has 3 N–H and O–H groups in total. The highest BCUT2D eigenvalue weighted by Gasteiger charge is 2.09. The summed E-state index contributed by atoms with van der Waals surface area (Å²) in [4.78, 5) is 8.09. The van der Waals surface area contributed by atoms with Crippen molar-refractivity contribution in [2.75, 3.05) is 11.2 Å². The minimum Gasteiger partial charge on any atom is -0.455 e. The van der Waals surface area contributed by atoms with E-state index in [4.69, 9.17) is 21.8 Å². The van der Waals surface area contributed by atoms with Crippen molar-refractivity contribution in [3.05, 3.63) is 47.2 Å². The molecule has 10 heteroatoms. The van der Waals surface area contributed by atoms with Gasteiger partial charge < -0.3 is 10.2 Å². The highest BCUT2D eigenvalue weighted by Crippen LogP contribution is 2.23. The van der Waals surface area contributed by atoms with Crippen molar-refractivity contribution < 1.29 is 9.05 Å². The molecule has 0 bridgehead atoms. The number of nitrogens with zero attached hydrogens (tertiary/aromatic N) is 5. The Balaban J connectivity index is 1.50. The molecule has 1 aromatic carbocycles. The normalized spacial score (nSPS) is 11.4. The lowest BCUT2D eigenvalue weighted by atomic mass is 10.2. The third-order valence-corrected chi connectivity index (χ3v) is 3.51. The summed E-state index contributed by atoms with van der Waals surface area (Å²) in [7, 11) is 0. The molecule has 0 aliphatic heterocycles. The first-order valence-corrected chi connectivity index (χ1v) is 7.47. The first-order valence-electron chi connectivity index (χ1n) is 7.10. The van der Waals surface area contributed by atoms with Crippen LogP contribution in [0.2, 0.25) is 5.02 Å². The number of benzene rings is 1. The van der Waals surface area contributed by atoms with Gasteiger partial charge in [0.15, 0.2) is 11.6 Å². The van der Waals surface area contributed by atoms with E-state index in [1.165, 1.54) is 6.21 Å². The summed E-state index contributed by atoms with van der Waals surface area (Å²) in [5.74, 6) is 1.62. The van der Waals surface area contributed by atoms with Crippen molar-refractivity contribution >= 4 is 40.7 Å². The van der Waals surface area contributed by atoms with Crippen LogP contribution in [0.25, 0.3) is 22.6 Å². The van der Waals surface area contributed by atoms with Crippen LogP contribution in [-0.2, 0) is 0 Å². The van der Waals surface area contributed by atoms with E-state index in [1.807, 2.05) is 18.2 Å². The van der Waals surface area contributed by atoms with Crippen LogP contribution in [0.4, 0.5) is 11.6 Å². The van der Waals surface area contributed by atoms with Gasteiger partial charge in [-0.25, -0.2) is 9.61 Å². The molecule has 9 nitrogen and oxygen atoms in total. The van der Waals surface area contributed by atoms with Gasteiger partial charge in [-0.05, 0) is 46.7 Å². The maximum absolute atomic E-state index is 5.88. The van der Waals surface area contributed by atoms with E-state index in [1.54, 1.807) is 18.2 Å². The number of hydrazone groups is 1. The Bertz CT molecular complexity index is 1060. The summed E-state index contributed by atoms with van der Waals surface area (Å²) in [6, 6.07) is 11.0. The van der Waals surface area contributed by atoms with Gasteiger partial charge in [-0.3, -0.25) is 5.43 Å². The van der Waals surface area contributed by atoms with E-state index >= 15 is 0 Å². The summed E-state index contributed by atoms with van der Waals surface area (Å²) in [5.41, 5.74) is 9.82. The summed E-state index contributed by atoms with van der Waals surface area (Å²) in [6.45, 7) is 0. The molecule has 0 aliphatic carbocycles. The zero-order chi connectivity index (χ0) is 17.2. The lowest BCUT2D eigenvalue weighted by Crippen LogP contribution is -2.02. The molecular weight excluding hydrogens is 346 g/mol. The Morgan fingerprint density at radius 3 is 2.60 bits per heavy atom. The number of furan rings is 1. The molecule has 25 heavy (non-hydrogen) atoms. The molecule has 124 valence electrons. The van der Waals surface area contributed by atoms with Crippen LogP contribution < -0.4 is 11.2 Å². The first-order chi connectivity index (χ1) is 12.2. The van der Waals surface area contributed by atoms with Crippen LogP contribution >= 0.6 is 11.6 Å².